The Kier molecular flexibility index (Phi) is 4.96. The van der Waals surface area contributed by atoms with Crippen molar-refractivity contribution in [2.45, 2.75) is 25.9 Å². The molecule has 4 nitrogen and oxygen atoms in total. The highest BCUT2D eigenvalue weighted by molar-refractivity contribution is 5.93. The van der Waals surface area contributed by atoms with Crippen LogP contribution in [-0.2, 0) is 9.53 Å². The Morgan fingerprint density at radius 2 is 2.24 bits per heavy atom. The summed E-state index contributed by atoms with van der Waals surface area (Å²) in [4.78, 5) is 13.9. The van der Waals surface area contributed by atoms with Crippen LogP contribution in [0.25, 0.3) is 0 Å². The maximum Gasteiger partial charge on any atom is 0.238 e. The van der Waals surface area contributed by atoms with Crippen molar-refractivity contribution in [1.29, 1.82) is 0 Å². The molecule has 1 amide bonds. The number of aryl methyl sites for hydroxylation is 2. The molecule has 0 saturated carbocycles. The number of likely N-dealkylation sites (tertiary alicyclic amines) is 1. The predicted molar refractivity (Wildman–Crippen MR) is 81.3 cm³/mol. The molecular formula is C16H23FN2O2. The number of halogens is 1. The van der Waals surface area contributed by atoms with Gasteiger partial charge in [0.05, 0.1) is 13.2 Å². The number of nitrogens with zero attached hydrogens (tertiary/aromatic N) is 1. The number of methoxy groups -OCH3 is 1. The highest BCUT2D eigenvalue weighted by Gasteiger charge is 2.38. The number of nitrogens with one attached hydrogen (secondary N) is 1. The van der Waals surface area contributed by atoms with E-state index in [1.807, 2.05) is 36.9 Å². The molecule has 1 N–H and O–H groups in total. The summed E-state index contributed by atoms with van der Waals surface area (Å²) in [6.07, 6.45) is 0.414. The molecule has 2 rings (SSSR count). The number of anilines is 1. The number of rotatable bonds is 5. The summed E-state index contributed by atoms with van der Waals surface area (Å²) < 4.78 is 19.2. The van der Waals surface area contributed by atoms with Crippen LogP contribution in [0, 0.1) is 13.8 Å². The molecule has 1 aliphatic heterocycles. The second-order valence-corrected chi connectivity index (χ2v) is 5.91. The van der Waals surface area contributed by atoms with Crippen molar-refractivity contribution in [2.24, 2.45) is 0 Å². The first-order valence-corrected chi connectivity index (χ1v) is 7.19. The zero-order chi connectivity index (χ0) is 15.5. The quantitative estimate of drug-likeness (QED) is 0.906. The SMILES string of the molecule is COCC1(F)CCN(CC(=O)Nc2ccc(C)cc2C)C1. The zero-order valence-electron chi connectivity index (χ0n) is 12.9. The van der Waals surface area contributed by atoms with E-state index in [1.54, 1.807) is 0 Å². The van der Waals surface area contributed by atoms with Gasteiger partial charge in [0.1, 0.15) is 5.67 Å². The number of amides is 1. The lowest BCUT2D eigenvalue weighted by atomic mass is 10.1. The average molecular weight is 294 g/mol. The molecule has 1 aliphatic rings. The minimum absolute atomic E-state index is 0.0855. The summed E-state index contributed by atoms with van der Waals surface area (Å²) in [6, 6.07) is 5.89. The lowest BCUT2D eigenvalue weighted by molar-refractivity contribution is -0.117. The summed E-state index contributed by atoms with van der Waals surface area (Å²) in [6.45, 7) is 5.11. The van der Waals surface area contributed by atoms with Gasteiger partial charge in [0, 0.05) is 25.9 Å². The van der Waals surface area contributed by atoms with Crippen LogP contribution in [0.1, 0.15) is 17.5 Å². The Balaban J connectivity index is 1.88. The number of carbonyl (C=O) groups excluding carboxylic acids is 1. The number of hydrogen-bond acceptors (Lipinski definition) is 3. The van der Waals surface area contributed by atoms with Crippen molar-refractivity contribution in [1.82, 2.24) is 4.90 Å². The van der Waals surface area contributed by atoms with E-state index >= 15 is 0 Å². The summed E-state index contributed by atoms with van der Waals surface area (Å²) >= 11 is 0. The normalized spacial score (nSPS) is 22.5. The van der Waals surface area contributed by atoms with Gasteiger partial charge in [-0.2, -0.15) is 0 Å². The molecule has 1 atom stereocenters. The van der Waals surface area contributed by atoms with Gasteiger partial charge >= 0.3 is 0 Å². The Bertz CT molecular complexity index is 521. The maximum absolute atomic E-state index is 14.3. The van der Waals surface area contributed by atoms with E-state index in [2.05, 4.69) is 5.32 Å². The molecule has 21 heavy (non-hydrogen) atoms. The minimum Gasteiger partial charge on any atom is -0.381 e. The van der Waals surface area contributed by atoms with E-state index in [-0.39, 0.29) is 25.6 Å². The van der Waals surface area contributed by atoms with Gasteiger partial charge in [-0.15, -0.1) is 0 Å². The first kappa shape index (κ1) is 15.9. The number of hydrogen-bond donors (Lipinski definition) is 1. The van der Waals surface area contributed by atoms with Gasteiger partial charge in [-0.1, -0.05) is 17.7 Å². The molecule has 1 fully saturated rings. The standard InChI is InChI=1S/C16H23FN2O2/c1-12-4-5-14(13(2)8-12)18-15(20)9-19-7-6-16(17,10-19)11-21-3/h4-5,8H,6-7,9-11H2,1-3H3,(H,18,20). The highest BCUT2D eigenvalue weighted by atomic mass is 19.1. The summed E-state index contributed by atoms with van der Waals surface area (Å²) in [5.74, 6) is -0.108. The molecule has 1 saturated heterocycles. The number of carbonyl (C=O) groups is 1. The third-order valence-corrected chi connectivity index (χ3v) is 3.81. The fraction of sp³-hybridized carbons (Fsp3) is 0.562. The smallest absolute Gasteiger partial charge is 0.238 e. The van der Waals surface area contributed by atoms with E-state index < -0.39 is 5.67 Å². The van der Waals surface area contributed by atoms with Crippen molar-refractivity contribution in [3.05, 3.63) is 29.3 Å². The molecule has 116 valence electrons. The van der Waals surface area contributed by atoms with E-state index in [1.165, 1.54) is 7.11 Å². The second kappa shape index (κ2) is 6.54. The van der Waals surface area contributed by atoms with Crippen LogP contribution in [0.3, 0.4) is 0 Å². The van der Waals surface area contributed by atoms with Gasteiger partial charge in [0.25, 0.3) is 0 Å². The molecule has 5 heteroatoms. The molecule has 1 heterocycles. The summed E-state index contributed by atoms with van der Waals surface area (Å²) in [5, 5.41) is 2.89. The van der Waals surface area contributed by atoms with Gasteiger partial charge in [0.2, 0.25) is 5.91 Å². The van der Waals surface area contributed by atoms with Crippen LogP contribution in [0.2, 0.25) is 0 Å². The van der Waals surface area contributed by atoms with Gasteiger partial charge in [0.15, 0.2) is 0 Å². The number of ether oxygens (including phenoxy) is 1. The number of alkyl halides is 1. The first-order chi connectivity index (χ1) is 9.92. The molecule has 1 aromatic carbocycles. The third-order valence-electron chi connectivity index (χ3n) is 3.81. The largest absolute Gasteiger partial charge is 0.381 e. The van der Waals surface area contributed by atoms with Crippen molar-refractivity contribution in [2.75, 3.05) is 38.7 Å². The van der Waals surface area contributed by atoms with Gasteiger partial charge in [-0.3, -0.25) is 9.69 Å². The molecular weight excluding hydrogens is 271 g/mol. The molecule has 1 aromatic rings. The Hall–Kier alpha value is -1.46. The highest BCUT2D eigenvalue weighted by Crippen LogP contribution is 2.25. The minimum atomic E-state index is -1.32. The molecule has 0 aliphatic carbocycles. The molecule has 0 aromatic heterocycles. The van der Waals surface area contributed by atoms with Crippen LogP contribution >= 0.6 is 0 Å². The van der Waals surface area contributed by atoms with E-state index in [0.29, 0.717) is 13.0 Å². The number of benzene rings is 1. The summed E-state index contributed by atoms with van der Waals surface area (Å²) in [7, 11) is 1.50. The Morgan fingerprint density at radius 1 is 1.48 bits per heavy atom. The zero-order valence-corrected chi connectivity index (χ0v) is 12.9. The predicted octanol–water partition coefficient (Wildman–Crippen LogP) is 2.30. The van der Waals surface area contributed by atoms with Crippen LogP contribution in [0.4, 0.5) is 10.1 Å². The van der Waals surface area contributed by atoms with Crippen molar-refractivity contribution in [3.8, 4) is 0 Å². The summed E-state index contributed by atoms with van der Waals surface area (Å²) in [5.41, 5.74) is 1.68. The van der Waals surface area contributed by atoms with E-state index in [0.717, 1.165) is 16.8 Å². The van der Waals surface area contributed by atoms with Gasteiger partial charge in [-0.25, -0.2) is 4.39 Å². The molecule has 0 spiro atoms. The topological polar surface area (TPSA) is 41.6 Å². The third kappa shape index (κ3) is 4.25. The van der Waals surface area contributed by atoms with E-state index in [4.69, 9.17) is 4.74 Å². The van der Waals surface area contributed by atoms with Crippen LogP contribution in [0.15, 0.2) is 18.2 Å². The van der Waals surface area contributed by atoms with Crippen LogP contribution in [-0.4, -0.2) is 49.8 Å². The average Bonchev–Trinajstić information content (AvgIpc) is 2.74. The lowest BCUT2D eigenvalue weighted by Crippen LogP contribution is -2.36. The van der Waals surface area contributed by atoms with Crippen molar-refractivity contribution >= 4 is 11.6 Å². The van der Waals surface area contributed by atoms with Gasteiger partial charge in [-0.05, 0) is 31.9 Å². The second-order valence-electron chi connectivity index (χ2n) is 5.91. The van der Waals surface area contributed by atoms with Crippen molar-refractivity contribution < 1.29 is 13.9 Å². The van der Waals surface area contributed by atoms with Crippen LogP contribution in [0.5, 0.6) is 0 Å². The van der Waals surface area contributed by atoms with Crippen molar-refractivity contribution in [3.63, 3.8) is 0 Å². The monoisotopic (exact) mass is 294 g/mol. The Morgan fingerprint density at radius 3 is 2.90 bits per heavy atom. The molecule has 0 bridgehead atoms. The maximum atomic E-state index is 14.3. The molecule has 0 radical (unpaired) electrons. The van der Waals surface area contributed by atoms with E-state index in [9.17, 15) is 9.18 Å². The fourth-order valence-electron chi connectivity index (χ4n) is 2.78. The fourth-order valence-corrected chi connectivity index (χ4v) is 2.78. The lowest BCUT2D eigenvalue weighted by Gasteiger charge is -2.20. The molecule has 1 unspecified atom stereocenters. The Labute approximate surface area is 125 Å². The first-order valence-electron chi connectivity index (χ1n) is 7.19. The van der Waals surface area contributed by atoms with Crippen LogP contribution < -0.4 is 5.32 Å². The van der Waals surface area contributed by atoms with Gasteiger partial charge < -0.3 is 10.1 Å².